The van der Waals surface area contributed by atoms with Crippen molar-refractivity contribution in [3.05, 3.63) is 0 Å². The first kappa shape index (κ1) is 12.3. The summed E-state index contributed by atoms with van der Waals surface area (Å²) in [5.74, 6) is 1.72. The topological polar surface area (TPSA) is 24.5 Å². The lowest BCUT2D eigenvalue weighted by atomic mass is 9.98. The van der Waals surface area contributed by atoms with Gasteiger partial charge in [-0.25, -0.2) is 0 Å². The molecule has 16 heavy (non-hydrogen) atoms. The zero-order valence-electron chi connectivity index (χ0n) is 10.7. The molecule has 0 aromatic heterocycles. The van der Waals surface area contributed by atoms with E-state index in [0.717, 1.165) is 31.6 Å². The highest BCUT2D eigenvalue weighted by Crippen LogP contribution is 2.29. The molecule has 2 atom stereocenters. The highest BCUT2D eigenvalue weighted by Gasteiger charge is 2.28. The Bertz CT molecular complexity index is 200. The maximum Gasteiger partial charge on any atom is 0.0510 e. The number of hydrogen-bond donors (Lipinski definition) is 1. The van der Waals surface area contributed by atoms with Crippen molar-refractivity contribution in [2.45, 2.75) is 32.2 Å². The van der Waals surface area contributed by atoms with Crippen molar-refractivity contribution in [2.75, 3.05) is 39.9 Å². The summed E-state index contributed by atoms with van der Waals surface area (Å²) in [6, 6.07) is 0.622. The summed E-state index contributed by atoms with van der Waals surface area (Å²) >= 11 is 0. The fourth-order valence-corrected chi connectivity index (χ4v) is 2.66. The Balaban J connectivity index is 1.75. The Morgan fingerprint density at radius 2 is 2.19 bits per heavy atom. The molecule has 1 aliphatic heterocycles. The summed E-state index contributed by atoms with van der Waals surface area (Å²) in [6.45, 7) is 7.64. The second-order valence-electron chi connectivity index (χ2n) is 5.45. The van der Waals surface area contributed by atoms with Gasteiger partial charge in [0.05, 0.1) is 6.61 Å². The summed E-state index contributed by atoms with van der Waals surface area (Å²) in [5.41, 5.74) is 0. The Hall–Kier alpha value is -0.120. The molecule has 94 valence electrons. The van der Waals surface area contributed by atoms with Crippen LogP contribution in [0.25, 0.3) is 0 Å². The van der Waals surface area contributed by atoms with Crippen molar-refractivity contribution in [2.24, 2.45) is 11.8 Å². The average Bonchev–Trinajstić information content (AvgIpc) is 2.90. The van der Waals surface area contributed by atoms with E-state index in [1.807, 2.05) is 0 Å². The number of nitrogens with one attached hydrogen (secondary N) is 1. The van der Waals surface area contributed by atoms with Gasteiger partial charge in [0.25, 0.3) is 0 Å². The van der Waals surface area contributed by atoms with Crippen LogP contribution in [0.5, 0.6) is 0 Å². The van der Waals surface area contributed by atoms with Gasteiger partial charge < -0.3 is 15.0 Å². The van der Waals surface area contributed by atoms with Gasteiger partial charge in [-0.3, -0.25) is 0 Å². The number of hydrogen-bond acceptors (Lipinski definition) is 3. The first-order valence-corrected chi connectivity index (χ1v) is 6.79. The number of nitrogens with zero attached hydrogens (tertiary/aromatic N) is 1. The van der Waals surface area contributed by atoms with Gasteiger partial charge in [-0.05, 0) is 38.8 Å². The standard InChI is InChI=1S/C13H26N2O/c1-3-14-13(12-6-7-16-10-12)9-15(2)8-11-4-5-11/h11-14H,3-10H2,1-2H3. The lowest BCUT2D eigenvalue weighted by Gasteiger charge is -2.28. The minimum absolute atomic E-state index is 0.622. The summed E-state index contributed by atoms with van der Waals surface area (Å²) in [6.07, 6.45) is 4.13. The van der Waals surface area contributed by atoms with Crippen LogP contribution < -0.4 is 5.32 Å². The van der Waals surface area contributed by atoms with Gasteiger partial charge in [-0.1, -0.05) is 6.92 Å². The molecule has 2 aliphatic rings. The van der Waals surface area contributed by atoms with Crippen LogP contribution in [0.15, 0.2) is 0 Å². The van der Waals surface area contributed by atoms with Crippen LogP contribution in [0.3, 0.4) is 0 Å². The quantitative estimate of drug-likeness (QED) is 0.709. The van der Waals surface area contributed by atoms with E-state index in [2.05, 4.69) is 24.2 Å². The molecule has 2 unspecified atom stereocenters. The minimum atomic E-state index is 0.622. The number of ether oxygens (including phenoxy) is 1. The maximum atomic E-state index is 5.50. The van der Waals surface area contributed by atoms with Crippen molar-refractivity contribution in [1.82, 2.24) is 10.2 Å². The van der Waals surface area contributed by atoms with Crippen molar-refractivity contribution in [1.29, 1.82) is 0 Å². The lowest BCUT2D eigenvalue weighted by Crippen LogP contribution is -2.45. The summed E-state index contributed by atoms with van der Waals surface area (Å²) in [5, 5.41) is 3.63. The van der Waals surface area contributed by atoms with Crippen molar-refractivity contribution in [3.8, 4) is 0 Å². The third-order valence-corrected chi connectivity index (χ3v) is 3.78. The molecule has 2 fully saturated rings. The molecular weight excluding hydrogens is 200 g/mol. The van der Waals surface area contributed by atoms with Crippen LogP contribution in [0.2, 0.25) is 0 Å². The summed E-state index contributed by atoms with van der Waals surface area (Å²) < 4.78 is 5.50. The molecule has 0 bridgehead atoms. The minimum Gasteiger partial charge on any atom is -0.381 e. The van der Waals surface area contributed by atoms with E-state index in [1.54, 1.807) is 0 Å². The van der Waals surface area contributed by atoms with Crippen LogP contribution >= 0.6 is 0 Å². The molecule has 1 N–H and O–H groups in total. The van der Waals surface area contributed by atoms with Gasteiger partial charge in [0.1, 0.15) is 0 Å². The van der Waals surface area contributed by atoms with E-state index in [4.69, 9.17) is 4.74 Å². The molecule has 1 saturated carbocycles. The molecule has 3 nitrogen and oxygen atoms in total. The average molecular weight is 226 g/mol. The zero-order chi connectivity index (χ0) is 11.4. The Morgan fingerprint density at radius 1 is 1.38 bits per heavy atom. The fraction of sp³-hybridized carbons (Fsp3) is 1.00. The van der Waals surface area contributed by atoms with E-state index in [1.165, 1.54) is 32.4 Å². The van der Waals surface area contributed by atoms with Gasteiger partial charge in [0.2, 0.25) is 0 Å². The van der Waals surface area contributed by atoms with Crippen LogP contribution in [0, 0.1) is 11.8 Å². The molecule has 3 heteroatoms. The fourth-order valence-electron chi connectivity index (χ4n) is 2.66. The molecule has 0 aromatic rings. The second kappa shape index (κ2) is 5.99. The van der Waals surface area contributed by atoms with Gasteiger partial charge in [-0.2, -0.15) is 0 Å². The van der Waals surface area contributed by atoms with Crippen molar-refractivity contribution >= 4 is 0 Å². The third-order valence-electron chi connectivity index (χ3n) is 3.78. The number of likely N-dealkylation sites (N-methyl/N-ethyl adjacent to an activating group) is 2. The Labute approximate surface area is 99.5 Å². The van der Waals surface area contributed by atoms with Gasteiger partial charge in [0, 0.05) is 31.7 Å². The molecule has 1 heterocycles. The molecule has 1 aliphatic carbocycles. The predicted molar refractivity (Wildman–Crippen MR) is 66.6 cm³/mol. The molecule has 0 radical (unpaired) electrons. The SMILES string of the molecule is CCNC(CN(C)CC1CC1)C1CCOC1. The molecule has 0 spiro atoms. The highest BCUT2D eigenvalue weighted by molar-refractivity contribution is 4.83. The van der Waals surface area contributed by atoms with Gasteiger partial charge in [-0.15, -0.1) is 0 Å². The van der Waals surface area contributed by atoms with E-state index in [9.17, 15) is 0 Å². The first-order chi connectivity index (χ1) is 7.79. The summed E-state index contributed by atoms with van der Waals surface area (Å²) in [7, 11) is 2.26. The molecule has 0 aromatic carbocycles. The molecule has 2 rings (SSSR count). The lowest BCUT2D eigenvalue weighted by molar-refractivity contribution is 0.166. The Morgan fingerprint density at radius 3 is 2.75 bits per heavy atom. The van der Waals surface area contributed by atoms with E-state index < -0.39 is 0 Å². The monoisotopic (exact) mass is 226 g/mol. The van der Waals surface area contributed by atoms with Gasteiger partial charge >= 0.3 is 0 Å². The van der Waals surface area contributed by atoms with Crippen molar-refractivity contribution < 1.29 is 4.74 Å². The maximum absolute atomic E-state index is 5.50. The number of rotatable bonds is 7. The largest absolute Gasteiger partial charge is 0.381 e. The molecule has 0 amide bonds. The van der Waals surface area contributed by atoms with Crippen molar-refractivity contribution in [3.63, 3.8) is 0 Å². The van der Waals surface area contributed by atoms with E-state index in [-0.39, 0.29) is 0 Å². The van der Waals surface area contributed by atoms with Crippen LogP contribution in [0.1, 0.15) is 26.2 Å². The zero-order valence-corrected chi connectivity index (χ0v) is 10.7. The highest BCUT2D eigenvalue weighted by atomic mass is 16.5. The van der Waals surface area contributed by atoms with Gasteiger partial charge in [0.15, 0.2) is 0 Å². The summed E-state index contributed by atoms with van der Waals surface area (Å²) in [4.78, 5) is 2.50. The first-order valence-electron chi connectivity index (χ1n) is 6.79. The van der Waals surface area contributed by atoms with Crippen LogP contribution in [0.4, 0.5) is 0 Å². The third kappa shape index (κ3) is 3.72. The van der Waals surface area contributed by atoms with E-state index >= 15 is 0 Å². The normalized spacial score (nSPS) is 27.6. The van der Waals surface area contributed by atoms with Crippen LogP contribution in [-0.4, -0.2) is 50.8 Å². The van der Waals surface area contributed by atoms with E-state index in [0.29, 0.717) is 6.04 Å². The molecular formula is C13H26N2O. The predicted octanol–water partition coefficient (Wildman–Crippen LogP) is 1.34. The van der Waals surface area contributed by atoms with Crippen LogP contribution in [-0.2, 0) is 4.74 Å². The smallest absolute Gasteiger partial charge is 0.0510 e. The Kier molecular flexibility index (Phi) is 4.62. The second-order valence-corrected chi connectivity index (χ2v) is 5.45. The molecule has 1 saturated heterocycles.